The van der Waals surface area contributed by atoms with Gasteiger partial charge in [-0.25, -0.2) is 0 Å². The first kappa shape index (κ1) is 35.9. The van der Waals surface area contributed by atoms with Crippen LogP contribution in [-0.4, -0.2) is 114 Å². The lowest BCUT2D eigenvalue weighted by atomic mass is 9.84. The van der Waals surface area contributed by atoms with Crippen LogP contribution in [0.25, 0.3) is 0 Å². The van der Waals surface area contributed by atoms with Crippen molar-refractivity contribution in [1.29, 1.82) is 0 Å². The van der Waals surface area contributed by atoms with Crippen LogP contribution in [0.4, 0.5) is 0 Å². The zero-order valence-electron chi connectivity index (χ0n) is 29.3. The van der Waals surface area contributed by atoms with Crippen LogP contribution < -0.4 is 10.6 Å². The largest absolute Gasteiger partial charge is 0.350 e. The molecule has 4 rings (SSSR count). The summed E-state index contributed by atoms with van der Waals surface area (Å²) in [7, 11) is 3.82. The van der Waals surface area contributed by atoms with Gasteiger partial charge >= 0.3 is 0 Å². The molecule has 46 heavy (non-hydrogen) atoms. The summed E-state index contributed by atoms with van der Waals surface area (Å²) in [6.07, 6.45) is 6.01. The molecule has 10 heteroatoms. The molecule has 0 bridgehead atoms. The zero-order chi connectivity index (χ0) is 33.6. The van der Waals surface area contributed by atoms with Gasteiger partial charge in [0, 0.05) is 32.7 Å². The first-order valence-electron chi connectivity index (χ1n) is 17.4. The van der Waals surface area contributed by atoms with Crippen molar-refractivity contribution in [2.45, 2.75) is 116 Å². The Morgan fingerprint density at radius 2 is 1.52 bits per heavy atom. The second kappa shape index (κ2) is 15.7. The Bertz CT molecular complexity index is 1200. The molecule has 0 radical (unpaired) electrons. The number of likely N-dealkylation sites (tertiary alicyclic amines) is 3. The molecule has 1 aromatic carbocycles. The van der Waals surface area contributed by atoms with Crippen LogP contribution in [0.1, 0.15) is 85.1 Å². The Hall–Kier alpha value is -2.98. The van der Waals surface area contributed by atoms with Gasteiger partial charge < -0.3 is 20.4 Å². The Morgan fingerprint density at radius 1 is 0.870 bits per heavy atom. The summed E-state index contributed by atoms with van der Waals surface area (Å²) >= 11 is 0. The normalized spacial score (nSPS) is 24.1. The number of hydrogen-bond acceptors (Lipinski definition) is 6. The third-order valence-electron chi connectivity index (χ3n) is 10.3. The highest BCUT2D eigenvalue weighted by Gasteiger charge is 2.43. The van der Waals surface area contributed by atoms with Crippen molar-refractivity contribution in [2.24, 2.45) is 11.3 Å². The molecule has 0 aromatic heterocycles. The molecular formula is C36H58N6O4. The first-order chi connectivity index (χ1) is 21.8. The first-order valence-corrected chi connectivity index (χ1v) is 17.4. The maximum atomic E-state index is 14.2. The van der Waals surface area contributed by atoms with Crippen LogP contribution >= 0.6 is 0 Å². The van der Waals surface area contributed by atoms with Gasteiger partial charge in [0.2, 0.25) is 23.6 Å². The molecule has 4 amide bonds. The van der Waals surface area contributed by atoms with Crippen molar-refractivity contribution in [3.8, 4) is 0 Å². The molecule has 5 atom stereocenters. The average Bonchev–Trinajstić information content (AvgIpc) is 3.70. The van der Waals surface area contributed by atoms with E-state index in [0.717, 1.165) is 57.2 Å². The molecule has 0 aliphatic carbocycles. The molecule has 3 unspecified atom stereocenters. The Kier molecular flexibility index (Phi) is 12.3. The number of carbonyl (C=O) groups excluding carboxylic acids is 4. The molecule has 3 fully saturated rings. The summed E-state index contributed by atoms with van der Waals surface area (Å²) in [5.41, 5.74) is 0.551. The smallest absolute Gasteiger partial charge is 0.245 e. The minimum absolute atomic E-state index is 0.0165. The van der Waals surface area contributed by atoms with Gasteiger partial charge in [-0.15, -0.1) is 0 Å². The van der Waals surface area contributed by atoms with Crippen molar-refractivity contribution < 1.29 is 19.2 Å². The molecule has 3 aliphatic rings. The topological polar surface area (TPSA) is 105 Å². The molecule has 3 saturated heterocycles. The van der Waals surface area contributed by atoms with Crippen molar-refractivity contribution >= 4 is 23.6 Å². The van der Waals surface area contributed by atoms with Crippen molar-refractivity contribution in [1.82, 2.24) is 30.2 Å². The number of likely N-dealkylation sites (N-methyl/N-ethyl adjacent to an activating group) is 2. The highest BCUT2D eigenvalue weighted by Crippen LogP contribution is 2.28. The molecule has 3 aliphatic heterocycles. The highest BCUT2D eigenvalue weighted by molar-refractivity contribution is 5.91. The van der Waals surface area contributed by atoms with Gasteiger partial charge in [-0.3, -0.25) is 29.0 Å². The second-order valence-corrected chi connectivity index (χ2v) is 15.1. The van der Waals surface area contributed by atoms with Crippen molar-refractivity contribution in [2.75, 3.05) is 40.3 Å². The van der Waals surface area contributed by atoms with Gasteiger partial charge in [0.1, 0.15) is 12.1 Å². The van der Waals surface area contributed by atoms with Crippen LogP contribution in [0.15, 0.2) is 30.3 Å². The summed E-state index contributed by atoms with van der Waals surface area (Å²) in [5.74, 6) is -0.130. The molecule has 1 aromatic rings. The number of hydrogen-bond donors (Lipinski definition) is 2. The number of nitrogens with zero attached hydrogens (tertiary/aromatic N) is 4. The predicted molar refractivity (Wildman–Crippen MR) is 181 cm³/mol. The lowest BCUT2D eigenvalue weighted by Gasteiger charge is -2.41. The van der Waals surface area contributed by atoms with E-state index in [0.29, 0.717) is 26.1 Å². The van der Waals surface area contributed by atoms with Gasteiger partial charge in [0.05, 0.1) is 12.1 Å². The van der Waals surface area contributed by atoms with E-state index in [4.69, 9.17) is 0 Å². The summed E-state index contributed by atoms with van der Waals surface area (Å²) < 4.78 is 0. The quantitative estimate of drug-likeness (QED) is 0.386. The minimum Gasteiger partial charge on any atom is -0.350 e. The van der Waals surface area contributed by atoms with E-state index in [1.807, 2.05) is 65.2 Å². The average molecular weight is 639 g/mol. The number of amides is 4. The second-order valence-electron chi connectivity index (χ2n) is 15.1. The summed E-state index contributed by atoms with van der Waals surface area (Å²) in [6.45, 7) is 13.4. The molecule has 0 spiro atoms. The monoisotopic (exact) mass is 638 g/mol. The fourth-order valence-corrected chi connectivity index (χ4v) is 7.40. The number of benzene rings is 1. The van der Waals surface area contributed by atoms with Gasteiger partial charge in [-0.1, -0.05) is 71.4 Å². The standard InChI is InChI=1S/C36H58N6O4/c1-25(2)30(40(7)35(46)31(36(3,4)5)38-33(44)27-17-11-12-20-39(27)6)24-41-21-13-19-29(41)34(45)42-22-14-18-28(42)32(43)37-23-26-15-9-8-10-16-26/h8-10,15-16,25,27-31H,11-14,17-24H2,1-7H3,(H,37,43)(H,38,44)/t27?,28?,29-,30+,31?/m0/s1. The van der Waals surface area contributed by atoms with Crippen LogP contribution in [0.2, 0.25) is 0 Å². The predicted octanol–water partition coefficient (Wildman–Crippen LogP) is 3.26. The fraction of sp³-hybridized carbons (Fsp3) is 0.722. The van der Waals surface area contributed by atoms with Crippen LogP contribution in [-0.2, 0) is 25.7 Å². The van der Waals surface area contributed by atoms with Gasteiger partial charge in [0.25, 0.3) is 0 Å². The summed E-state index contributed by atoms with van der Waals surface area (Å²) in [6, 6.07) is 8.01. The molecule has 10 nitrogen and oxygen atoms in total. The Labute approximate surface area is 276 Å². The fourth-order valence-electron chi connectivity index (χ4n) is 7.40. The SMILES string of the molecule is CC(C)[C@@H](CN1CCC[C@H]1C(=O)N1CCCC1C(=O)NCc1ccccc1)N(C)C(=O)C(NC(=O)C1CCCCN1C)C(C)(C)C. The third kappa shape index (κ3) is 8.68. The summed E-state index contributed by atoms with van der Waals surface area (Å²) in [5, 5.41) is 6.18. The summed E-state index contributed by atoms with van der Waals surface area (Å²) in [4.78, 5) is 62.7. The molecule has 256 valence electrons. The van der Waals surface area contributed by atoms with Crippen LogP contribution in [0, 0.1) is 11.3 Å². The Morgan fingerprint density at radius 3 is 2.17 bits per heavy atom. The van der Waals surface area contributed by atoms with Crippen molar-refractivity contribution in [3.63, 3.8) is 0 Å². The van der Waals surface area contributed by atoms with Gasteiger partial charge in [-0.2, -0.15) is 0 Å². The van der Waals surface area contributed by atoms with E-state index < -0.39 is 17.5 Å². The number of carbonyl (C=O) groups is 4. The Balaban J connectivity index is 1.42. The van der Waals surface area contributed by atoms with E-state index in [9.17, 15) is 19.2 Å². The number of piperidine rings is 1. The molecular weight excluding hydrogens is 580 g/mol. The number of rotatable bonds is 11. The van der Waals surface area contributed by atoms with Crippen LogP contribution in [0.3, 0.4) is 0 Å². The lowest BCUT2D eigenvalue weighted by molar-refractivity contribution is -0.144. The third-order valence-corrected chi connectivity index (χ3v) is 10.3. The lowest BCUT2D eigenvalue weighted by Crippen LogP contribution is -2.61. The number of nitrogens with one attached hydrogen (secondary N) is 2. The molecule has 3 heterocycles. The molecule has 0 saturated carbocycles. The zero-order valence-corrected chi connectivity index (χ0v) is 29.3. The van der Waals surface area contributed by atoms with Gasteiger partial charge in [-0.05, 0) is 75.6 Å². The van der Waals surface area contributed by atoms with Gasteiger partial charge in [0.15, 0.2) is 0 Å². The van der Waals surface area contributed by atoms with E-state index >= 15 is 0 Å². The highest BCUT2D eigenvalue weighted by atomic mass is 16.2. The maximum Gasteiger partial charge on any atom is 0.245 e. The van der Waals surface area contributed by atoms with E-state index in [-0.39, 0.29) is 47.7 Å². The maximum absolute atomic E-state index is 14.2. The van der Waals surface area contributed by atoms with E-state index in [1.165, 1.54) is 0 Å². The van der Waals surface area contributed by atoms with Crippen LogP contribution in [0.5, 0.6) is 0 Å². The van der Waals surface area contributed by atoms with E-state index in [1.54, 1.807) is 9.80 Å². The van der Waals surface area contributed by atoms with Crippen molar-refractivity contribution in [3.05, 3.63) is 35.9 Å². The van der Waals surface area contributed by atoms with E-state index in [2.05, 4.69) is 34.3 Å². The minimum atomic E-state index is -0.669. The molecule has 2 N–H and O–H groups in total.